The monoisotopic (exact) mass is 343 g/mol. The van der Waals surface area contributed by atoms with Crippen molar-refractivity contribution in [3.63, 3.8) is 0 Å². The summed E-state index contributed by atoms with van der Waals surface area (Å²) in [4.78, 5) is 0. The van der Waals surface area contributed by atoms with E-state index in [0.29, 0.717) is 12.5 Å². The average Bonchev–Trinajstić information content (AvgIpc) is 3.19. The van der Waals surface area contributed by atoms with E-state index in [0.717, 1.165) is 24.1 Å². The van der Waals surface area contributed by atoms with E-state index in [4.69, 9.17) is 5.73 Å². The number of rotatable bonds is 6. The van der Waals surface area contributed by atoms with E-state index < -0.39 is 0 Å². The second kappa shape index (κ2) is 6.84. The number of nitrogens with zero attached hydrogens (tertiary/aromatic N) is 3. The third kappa shape index (κ3) is 3.75. The summed E-state index contributed by atoms with van der Waals surface area (Å²) < 4.78 is 14.9. The maximum absolute atomic E-state index is 13.1. The van der Waals surface area contributed by atoms with Gasteiger partial charge in [-0.1, -0.05) is 36.6 Å². The third-order valence-corrected chi connectivity index (χ3v) is 5.61. The molecule has 4 rings (SSSR count). The summed E-state index contributed by atoms with van der Waals surface area (Å²) in [6.45, 7) is 0.697. The molecule has 2 aliphatic rings. The first-order valence-electron chi connectivity index (χ1n) is 9.33. The van der Waals surface area contributed by atoms with Gasteiger partial charge in [0.05, 0.1) is 17.9 Å². The fraction of sp³-hybridized carbons (Fsp3) is 0.579. The molecule has 2 aromatic rings. The van der Waals surface area contributed by atoms with Gasteiger partial charge < -0.3 is 11.1 Å². The maximum Gasteiger partial charge on any atom is 0.123 e. The average molecular weight is 343 g/mol. The molecule has 2 aliphatic carbocycles. The van der Waals surface area contributed by atoms with Crippen molar-refractivity contribution in [1.82, 2.24) is 20.3 Å². The van der Waals surface area contributed by atoms with Crippen molar-refractivity contribution in [1.29, 1.82) is 0 Å². The molecule has 2 fully saturated rings. The molecular formula is C19H26FN5. The number of hydrogen-bond acceptors (Lipinski definition) is 4. The molecule has 0 saturated heterocycles. The Hall–Kier alpha value is -1.79. The summed E-state index contributed by atoms with van der Waals surface area (Å²) in [5, 5.41) is 12.4. The van der Waals surface area contributed by atoms with Crippen LogP contribution in [0.15, 0.2) is 30.5 Å². The van der Waals surface area contributed by atoms with Gasteiger partial charge in [0, 0.05) is 6.54 Å². The summed E-state index contributed by atoms with van der Waals surface area (Å²) in [5.74, 6) is 0.362. The van der Waals surface area contributed by atoms with Crippen LogP contribution < -0.4 is 11.1 Å². The highest BCUT2D eigenvalue weighted by Gasteiger charge is 2.42. The lowest BCUT2D eigenvalue weighted by Gasteiger charge is -2.30. The van der Waals surface area contributed by atoms with Gasteiger partial charge in [-0.3, -0.25) is 0 Å². The lowest BCUT2D eigenvalue weighted by Crippen LogP contribution is -2.30. The largest absolute Gasteiger partial charge is 0.307 e. The summed E-state index contributed by atoms with van der Waals surface area (Å²) in [5.41, 5.74) is 7.98. The van der Waals surface area contributed by atoms with Crippen LogP contribution in [0.4, 0.5) is 4.39 Å². The van der Waals surface area contributed by atoms with Crippen LogP contribution in [0.2, 0.25) is 0 Å². The van der Waals surface area contributed by atoms with E-state index in [1.165, 1.54) is 44.2 Å². The molecule has 25 heavy (non-hydrogen) atoms. The minimum atomic E-state index is -0.320. The van der Waals surface area contributed by atoms with Crippen molar-refractivity contribution in [2.75, 3.05) is 0 Å². The SMILES string of the molecule is NC1(n2cc([C@@H](NCc3ccc(F)cc3)C3CCCCC3)nn2)CC1. The second-order valence-electron chi connectivity index (χ2n) is 7.57. The molecule has 0 radical (unpaired) electrons. The Kier molecular flexibility index (Phi) is 4.56. The van der Waals surface area contributed by atoms with Gasteiger partial charge in [0.2, 0.25) is 0 Å². The maximum atomic E-state index is 13.1. The first kappa shape index (κ1) is 16.7. The van der Waals surface area contributed by atoms with Crippen LogP contribution in [0.25, 0.3) is 0 Å². The van der Waals surface area contributed by atoms with E-state index >= 15 is 0 Å². The highest BCUT2D eigenvalue weighted by molar-refractivity contribution is 5.16. The van der Waals surface area contributed by atoms with Crippen molar-refractivity contribution in [2.45, 2.75) is 63.2 Å². The van der Waals surface area contributed by atoms with Crippen LogP contribution in [-0.4, -0.2) is 15.0 Å². The molecule has 1 heterocycles. The Morgan fingerprint density at radius 2 is 1.92 bits per heavy atom. The summed E-state index contributed by atoms with van der Waals surface area (Å²) in [6.07, 6.45) is 10.2. The number of halogens is 1. The molecule has 1 aromatic heterocycles. The van der Waals surface area contributed by atoms with Crippen LogP contribution >= 0.6 is 0 Å². The van der Waals surface area contributed by atoms with Gasteiger partial charge in [-0.05, 0) is 49.3 Å². The van der Waals surface area contributed by atoms with Gasteiger partial charge in [-0.15, -0.1) is 5.10 Å². The Bertz CT molecular complexity index is 701. The van der Waals surface area contributed by atoms with Crippen LogP contribution in [0, 0.1) is 11.7 Å². The topological polar surface area (TPSA) is 68.8 Å². The number of aromatic nitrogens is 3. The van der Waals surface area contributed by atoms with Gasteiger partial charge in [0.15, 0.2) is 0 Å². The minimum absolute atomic E-state index is 0.168. The summed E-state index contributed by atoms with van der Waals surface area (Å²) in [7, 11) is 0. The highest BCUT2D eigenvalue weighted by atomic mass is 19.1. The number of benzene rings is 1. The normalized spacial score (nSPS) is 21.2. The van der Waals surface area contributed by atoms with Crippen LogP contribution in [0.3, 0.4) is 0 Å². The lowest BCUT2D eigenvalue weighted by molar-refractivity contribution is 0.266. The van der Waals surface area contributed by atoms with E-state index in [1.807, 2.05) is 23.0 Å². The Morgan fingerprint density at radius 1 is 1.20 bits per heavy atom. The van der Waals surface area contributed by atoms with Crippen LogP contribution in [-0.2, 0) is 12.2 Å². The smallest absolute Gasteiger partial charge is 0.123 e. The van der Waals surface area contributed by atoms with Crippen molar-refractivity contribution < 1.29 is 4.39 Å². The van der Waals surface area contributed by atoms with E-state index in [9.17, 15) is 4.39 Å². The highest BCUT2D eigenvalue weighted by Crippen LogP contribution is 2.38. The molecule has 0 aliphatic heterocycles. The molecule has 1 aromatic carbocycles. The molecule has 5 nitrogen and oxygen atoms in total. The molecular weight excluding hydrogens is 317 g/mol. The predicted molar refractivity (Wildman–Crippen MR) is 94.0 cm³/mol. The fourth-order valence-electron chi connectivity index (χ4n) is 3.80. The van der Waals surface area contributed by atoms with Crippen LogP contribution in [0.5, 0.6) is 0 Å². The second-order valence-corrected chi connectivity index (χ2v) is 7.57. The number of hydrogen-bond donors (Lipinski definition) is 2. The van der Waals surface area contributed by atoms with Gasteiger partial charge in [0.1, 0.15) is 11.5 Å². The Balaban J connectivity index is 1.51. The first-order chi connectivity index (χ1) is 12.1. The Morgan fingerprint density at radius 3 is 2.60 bits per heavy atom. The predicted octanol–water partition coefficient (Wildman–Crippen LogP) is 3.23. The van der Waals surface area contributed by atoms with E-state index in [2.05, 4.69) is 15.6 Å². The molecule has 134 valence electrons. The molecule has 2 saturated carbocycles. The van der Waals surface area contributed by atoms with Crippen molar-refractivity contribution >= 4 is 0 Å². The first-order valence-corrected chi connectivity index (χ1v) is 9.33. The number of nitrogens with one attached hydrogen (secondary N) is 1. The zero-order valence-corrected chi connectivity index (χ0v) is 14.5. The summed E-state index contributed by atoms with van der Waals surface area (Å²) >= 11 is 0. The standard InChI is InChI=1S/C19H26FN5/c20-16-8-6-14(7-9-16)12-22-18(15-4-2-1-3-5-15)17-13-25(24-23-17)19(21)10-11-19/h6-9,13,15,18,22H,1-5,10-12,21H2/t18-/m0/s1. The van der Waals surface area contributed by atoms with Crippen LogP contribution in [0.1, 0.15) is 62.2 Å². The molecule has 0 bridgehead atoms. The van der Waals surface area contributed by atoms with Gasteiger partial charge >= 0.3 is 0 Å². The lowest BCUT2D eigenvalue weighted by atomic mass is 9.82. The van der Waals surface area contributed by atoms with Crippen molar-refractivity contribution in [3.05, 3.63) is 47.5 Å². The third-order valence-electron chi connectivity index (χ3n) is 5.61. The zero-order valence-electron chi connectivity index (χ0n) is 14.5. The summed E-state index contributed by atoms with van der Waals surface area (Å²) in [6, 6.07) is 6.84. The molecule has 1 atom stereocenters. The van der Waals surface area contributed by atoms with Gasteiger partial charge in [0.25, 0.3) is 0 Å². The van der Waals surface area contributed by atoms with E-state index in [-0.39, 0.29) is 17.5 Å². The van der Waals surface area contributed by atoms with Gasteiger partial charge in [-0.2, -0.15) is 0 Å². The molecule has 0 spiro atoms. The molecule has 0 amide bonds. The Labute approximate surface area is 147 Å². The minimum Gasteiger partial charge on any atom is -0.307 e. The number of nitrogens with two attached hydrogens (primary N) is 1. The zero-order chi connectivity index (χ0) is 17.3. The molecule has 6 heteroatoms. The van der Waals surface area contributed by atoms with E-state index in [1.54, 1.807) is 0 Å². The van der Waals surface area contributed by atoms with Crippen molar-refractivity contribution in [2.24, 2.45) is 11.7 Å². The quantitative estimate of drug-likeness (QED) is 0.845. The molecule has 0 unspecified atom stereocenters. The molecule has 3 N–H and O–H groups in total. The fourth-order valence-corrected chi connectivity index (χ4v) is 3.80. The van der Waals surface area contributed by atoms with Gasteiger partial charge in [-0.25, -0.2) is 9.07 Å². The van der Waals surface area contributed by atoms with Crippen molar-refractivity contribution in [3.8, 4) is 0 Å².